The van der Waals surface area contributed by atoms with E-state index in [9.17, 15) is 4.79 Å². The smallest absolute Gasteiger partial charge is 0.261 e. The highest BCUT2D eigenvalue weighted by Gasteiger charge is 2.15. The summed E-state index contributed by atoms with van der Waals surface area (Å²) in [5.74, 6) is 0.577. The monoisotopic (exact) mass is 250 g/mol. The van der Waals surface area contributed by atoms with Gasteiger partial charge < -0.3 is 9.13 Å². The van der Waals surface area contributed by atoms with Crippen LogP contribution in [-0.2, 0) is 14.1 Å². The predicted molar refractivity (Wildman–Crippen MR) is 68.5 cm³/mol. The largest absolute Gasteiger partial charge is 0.315 e. The number of nitrogens with one attached hydrogen (secondary N) is 1. The lowest BCUT2D eigenvalue weighted by molar-refractivity contribution is 0.809. The molecule has 5 nitrogen and oxygen atoms in total. The zero-order chi connectivity index (χ0) is 12.7. The van der Waals surface area contributed by atoms with Crippen molar-refractivity contribution in [2.24, 2.45) is 14.1 Å². The Balaban J connectivity index is 2.86. The van der Waals surface area contributed by atoms with Gasteiger partial charge in [0.2, 0.25) is 0 Å². The van der Waals surface area contributed by atoms with Crippen molar-refractivity contribution in [3.63, 3.8) is 0 Å². The number of hydrogen-bond donors (Lipinski definition) is 1. The molecule has 0 bridgehead atoms. The molecule has 0 saturated carbocycles. The summed E-state index contributed by atoms with van der Waals surface area (Å²) in [6, 6.07) is 1.97. The Morgan fingerprint density at radius 1 is 1.29 bits per heavy atom. The predicted octanol–water partition coefficient (Wildman–Crippen LogP) is 1.46. The van der Waals surface area contributed by atoms with E-state index in [4.69, 9.17) is 12.2 Å². The van der Waals surface area contributed by atoms with Gasteiger partial charge in [-0.1, -0.05) is 0 Å². The van der Waals surface area contributed by atoms with Gasteiger partial charge in [0.1, 0.15) is 0 Å². The molecule has 1 N–H and O–H groups in total. The molecule has 2 rings (SSSR count). The van der Waals surface area contributed by atoms with Crippen LogP contribution >= 0.6 is 12.2 Å². The molecular weight excluding hydrogens is 236 g/mol. The fraction of sp³-hybridized carbons (Fsp3) is 0.364. The number of aryl methyl sites for hydroxylation is 2. The zero-order valence-electron chi connectivity index (χ0n) is 10.2. The number of nitrogens with zero attached hydrogens (tertiary/aromatic N) is 3. The van der Waals surface area contributed by atoms with E-state index in [1.165, 1.54) is 0 Å². The number of H-pyrrole nitrogens is 1. The second-order valence-corrected chi connectivity index (χ2v) is 4.51. The van der Waals surface area contributed by atoms with Crippen molar-refractivity contribution in [2.45, 2.75) is 13.8 Å². The van der Waals surface area contributed by atoms with Gasteiger partial charge in [-0.3, -0.25) is 9.89 Å². The standard InChI is InChI=1S/C11H14N4OS/c1-6-5-7(2)14(3)10(16)8(6)9-12-13-11(17)15(9)4/h5H,1-4H3,(H,13,17). The molecule has 0 aliphatic carbocycles. The van der Waals surface area contributed by atoms with Crippen LogP contribution in [0, 0.1) is 18.6 Å². The van der Waals surface area contributed by atoms with Gasteiger partial charge >= 0.3 is 0 Å². The van der Waals surface area contributed by atoms with Crippen LogP contribution in [0.5, 0.6) is 0 Å². The third kappa shape index (κ3) is 1.74. The minimum atomic E-state index is -0.0559. The van der Waals surface area contributed by atoms with Crippen molar-refractivity contribution in [1.82, 2.24) is 19.3 Å². The molecule has 17 heavy (non-hydrogen) atoms. The van der Waals surface area contributed by atoms with Gasteiger partial charge in [-0.2, -0.15) is 5.10 Å². The van der Waals surface area contributed by atoms with Crippen LogP contribution in [0.1, 0.15) is 11.3 Å². The fourth-order valence-electron chi connectivity index (χ4n) is 1.82. The zero-order valence-corrected chi connectivity index (χ0v) is 11.1. The van der Waals surface area contributed by atoms with Gasteiger partial charge in [-0.15, -0.1) is 0 Å². The Morgan fingerprint density at radius 2 is 1.94 bits per heavy atom. The van der Waals surface area contributed by atoms with Crippen LogP contribution in [0.15, 0.2) is 10.9 Å². The van der Waals surface area contributed by atoms with E-state index in [1.807, 2.05) is 19.9 Å². The van der Waals surface area contributed by atoms with Gasteiger partial charge in [0.25, 0.3) is 5.56 Å². The van der Waals surface area contributed by atoms with Crippen molar-refractivity contribution >= 4 is 12.2 Å². The molecule has 0 fully saturated rings. The molecule has 0 aromatic carbocycles. The molecular formula is C11H14N4OS. The van der Waals surface area contributed by atoms with Gasteiger partial charge in [0.15, 0.2) is 10.6 Å². The molecule has 0 aliphatic heterocycles. The number of rotatable bonds is 1. The summed E-state index contributed by atoms with van der Waals surface area (Å²) in [4.78, 5) is 12.2. The van der Waals surface area contributed by atoms with Crippen LogP contribution in [0.4, 0.5) is 0 Å². The average Bonchev–Trinajstić information content (AvgIpc) is 2.58. The molecule has 2 aromatic rings. The lowest BCUT2D eigenvalue weighted by atomic mass is 10.1. The summed E-state index contributed by atoms with van der Waals surface area (Å²) < 4.78 is 3.82. The van der Waals surface area contributed by atoms with E-state index in [0.29, 0.717) is 16.2 Å². The van der Waals surface area contributed by atoms with Crippen molar-refractivity contribution < 1.29 is 0 Å². The number of hydrogen-bond acceptors (Lipinski definition) is 3. The Kier molecular flexibility index (Phi) is 2.74. The SMILES string of the molecule is Cc1cc(C)n(C)c(=O)c1-c1n[nH]c(=S)n1C. The molecule has 2 aromatic heterocycles. The van der Waals surface area contributed by atoms with E-state index < -0.39 is 0 Å². The third-order valence-corrected chi connectivity index (χ3v) is 3.34. The molecule has 0 saturated heterocycles. The molecule has 0 aliphatic rings. The van der Waals surface area contributed by atoms with Gasteiger partial charge in [-0.05, 0) is 37.7 Å². The van der Waals surface area contributed by atoms with Crippen molar-refractivity contribution in [2.75, 3.05) is 0 Å². The Morgan fingerprint density at radius 3 is 2.47 bits per heavy atom. The second kappa shape index (κ2) is 3.96. The Bertz CT molecular complexity index is 692. The fourth-order valence-corrected chi connectivity index (χ4v) is 1.95. The maximum Gasteiger partial charge on any atom is 0.261 e. The van der Waals surface area contributed by atoms with Crippen molar-refractivity contribution in [1.29, 1.82) is 0 Å². The van der Waals surface area contributed by atoms with E-state index in [0.717, 1.165) is 11.3 Å². The summed E-state index contributed by atoms with van der Waals surface area (Å²) in [7, 11) is 3.54. The van der Waals surface area contributed by atoms with E-state index in [-0.39, 0.29) is 5.56 Å². The Hall–Kier alpha value is -1.69. The van der Waals surface area contributed by atoms with E-state index in [2.05, 4.69) is 10.2 Å². The second-order valence-electron chi connectivity index (χ2n) is 4.12. The number of pyridine rings is 1. The highest BCUT2D eigenvalue weighted by molar-refractivity contribution is 7.71. The first-order valence-corrected chi connectivity index (χ1v) is 5.63. The molecule has 0 atom stereocenters. The minimum absolute atomic E-state index is 0.0559. The topological polar surface area (TPSA) is 55.6 Å². The molecule has 2 heterocycles. The van der Waals surface area contributed by atoms with Crippen molar-refractivity contribution in [3.05, 3.63) is 32.4 Å². The first-order valence-electron chi connectivity index (χ1n) is 5.22. The summed E-state index contributed by atoms with van der Waals surface area (Å²) >= 11 is 5.06. The van der Waals surface area contributed by atoms with E-state index >= 15 is 0 Å². The third-order valence-electron chi connectivity index (χ3n) is 2.97. The first kappa shape index (κ1) is 11.8. The minimum Gasteiger partial charge on any atom is -0.315 e. The van der Waals surface area contributed by atoms with Crippen LogP contribution in [0.3, 0.4) is 0 Å². The normalized spacial score (nSPS) is 10.8. The molecule has 0 radical (unpaired) electrons. The summed E-state index contributed by atoms with van der Waals surface area (Å²) in [5, 5.41) is 6.80. The van der Waals surface area contributed by atoms with Gasteiger partial charge in [0, 0.05) is 19.8 Å². The number of aromatic amines is 1. The molecule has 0 spiro atoms. The Labute approximate surface area is 104 Å². The molecule has 90 valence electrons. The summed E-state index contributed by atoms with van der Waals surface area (Å²) in [6.07, 6.45) is 0. The van der Waals surface area contributed by atoms with Gasteiger partial charge in [-0.25, -0.2) is 0 Å². The van der Waals surface area contributed by atoms with Crippen LogP contribution < -0.4 is 5.56 Å². The maximum atomic E-state index is 12.2. The summed E-state index contributed by atoms with van der Waals surface area (Å²) in [6.45, 7) is 3.81. The number of aromatic nitrogens is 4. The van der Waals surface area contributed by atoms with Crippen LogP contribution in [-0.4, -0.2) is 19.3 Å². The van der Waals surface area contributed by atoms with Crippen LogP contribution in [0.25, 0.3) is 11.4 Å². The van der Waals surface area contributed by atoms with E-state index in [1.54, 1.807) is 23.2 Å². The van der Waals surface area contributed by atoms with Crippen LogP contribution in [0.2, 0.25) is 0 Å². The van der Waals surface area contributed by atoms with Gasteiger partial charge in [0.05, 0.1) is 5.56 Å². The highest BCUT2D eigenvalue weighted by atomic mass is 32.1. The maximum absolute atomic E-state index is 12.2. The summed E-state index contributed by atoms with van der Waals surface area (Å²) in [5.41, 5.74) is 2.36. The van der Waals surface area contributed by atoms with Crippen molar-refractivity contribution in [3.8, 4) is 11.4 Å². The average molecular weight is 250 g/mol. The molecule has 6 heteroatoms. The molecule has 0 unspecified atom stereocenters. The first-order chi connectivity index (χ1) is 7.93. The lowest BCUT2D eigenvalue weighted by Crippen LogP contribution is -2.22. The molecule has 0 amide bonds. The lowest BCUT2D eigenvalue weighted by Gasteiger charge is -2.09. The highest BCUT2D eigenvalue weighted by Crippen LogP contribution is 2.17. The quantitative estimate of drug-likeness (QED) is 0.780.